The van der Waals surface area contributed by atoms with Crippen molar-refractivity contribution in [2.75, 3.05) is 11.1 Å². The minimum atomic E-state index is -0.749. The Labute approximate surface area is 165 Å². The van der Waals surface area contributed by atoms with E-state index in [0.29, 0.717) is 3.57 Å². The van der Waals surface area contributed by atoms with Crippen molar-refractivity contribution >= 4 is 45.3 Å². The Morgan fingerprint density at radius 3 is 2.41 bits per heavy atom. The summed E-state index contributed by atoms with van der Waals surface area (Å²) in [5, 5.41) is 5.49. The molecule has 3 rings (SSSR count). The van der Waals surface area contributed by atoms with E-state index in [-0.39, 0.29) is 34.2 Å². The fraction of sp³-hybridized carbons (Fsp3) is 0. The molecule has 0 aliphatic heterocycles. The second-order valence-electron chi connectivity index (χ2n) is 5.43. The second kappa shape index (κ2) is 7.82. The minimum absolute atomic E-state index is 0.0305. The number of benzene rings is 3. The number of nitrogens with one attached hydrogen (secondary N) is 1. The molecule has 27 heavy (non-hydrogen) atoms. The second-order valence-corrected chi connectivity index (χ2v) is 6.67. The summed E-state index contributed by atoms with van der Waals surface area (Å²) >= 11 is 1.94. The fourth-order valence-electron chi connectivity index (χ4n) is 2.29. The van der Waals surface area contributed by atoms with Crippen molar-refractivity contribution in [2.24, 2.45) is 5.18 Å². The van der Waals surface area contributed by atoms with Crippen LogP contribution in [0.4, 0.5) is 35.9 Å². The lowest BCUT2D eigenvalue weighted by Crippen LogP contribution is -1.97. The molecule has 0 amide bonds. The summed E-state index contributed by atoms with van der Waals surface area (Å²) in [6, 6.07) is 9.78. The maximum absolute atomic E-state index is 14.1. The molecule has 0 atom stereocenters. The molecule has 0 bridgehead atoms. The number of halogens is 4. The molecule has 0 saturated heterocycles. The van der Waals surface area contributed by atoms with Gasteiger partial charge in [0.2, 0.25) is 0 Å². The highest BCUT2D eigenvalue weighted by atomic mass is 127. The molecule has 0 fully saturated rings. The van der Waals surface area contributed by atoms with Gasteiger partial charge in [0.25, 0.3) is 0 Å². The topological polar surface area (TPSA) is 76.7 Å². The van der Waals surface area contributed by atoms with Crippen molar-refractivity contribution in [1.82, 2.24) is 0 Å². The Morgan fingerprint density at radius 2 is 1.74 bits per heavy atom. The van der Waals surface area contributed by atoms with E-state index in [9.17, 15) is 18.1 Å². The normalized spacial score (nSPS) is 10.5. The van der Waals surface area contributed by atoms with Gasteiger partial charge in [-0.1, -0.05) is 0 Å². The largest absolute Gasteiger partial charge is 0.455 e. The number of hydrogen-bond acceptors (Lipinski definition) is 5. The number of rotatable bonds is 5. The van der Waals surface area contributed by atoms with Crippen molar-refractivity contribution in [1.29, 1.82) is 0 Å². The molecule has 0 unspecified atom stereocenters. The first-order chi connectivity index (χ1) is 12.9. The van der Waals surface area contributed by atoms with Crippen molar-refractivity contribution in [3.8, 4) is 11.5 Å². The maximum atomic E-state index is 14.1. The Morgan fingerprint density at radius 1 is 0.963 bits per heavy atom. The van der Waals surface area contributed by atoms with E-state index >= 15 is 0 Å². The molecular weight excluding hydrogens is 474 g/mol. The predicted molar refractivity (Wildman–Crippen MR) is 105 cm³/mol. The van der Waals surface area contributed by atoms with Crippen LogP contribution in [0.15, 0.2) is 53.7 Å². The van der Waals surface area contributed by atoms with Gasteiger partial charge in [0.05, 0.1) is 17.1 Å². The van der Waals surface area contributed by atoms with Crippen LogP contribution in [-0.2, 0) is 0 Å². The van der Waals surface area contributed by atoms with Gasteiger partial charge in [0.15, 0.2) is 11.4 Å². The van der Waals surface area contributed by atoms with Crippen LogP contribution in [0.5, 0.6) is 11.5 Å². The summed E-state index contributed by atoms with van der Waals surface area (Å²) < 4.78 is 47.4. The number of ether oxygens (including phenoxy) is 1. The lowest BCUT2D eigenvalue weighted by molar-refractivity contribution is 0.477. The van der Waals surface area contributed by atoms with Crippen molar-refractivity contribution < 1.29 is 17.9 Å². The van der Waals surface area contributed by atoms with Crippen LogP contribution < -0.4 is 15.8 Å². The lowest BCUT2D eigenvalue weighted by atomic mass is 10.2. The van der Waals surface area contributed by atoms with Gasteiger partial charge in [0, 0.05) is 15.7 Å². The van der Waals surface area contributed by atoms with Crippen molar-refractivity contribution in [3.63, 3.8) is 0 Å². The molecule has 0 heterocycles. The molecule has 0 aliphatic rings. The number of anilines is 3. The van der Waals surface area contributed by atoms with Crippen LogP contribution in [0, 0.1) is 25.9 Å². The molecule has 5 nitrogen and oxygen atoms in total. The van der Waals surface area contributed by atoms with Crippen molar-refractivity contribution in [3.05, 3.63) is 74.5 Å². The molecule has 0 saturated carbocycles. The minimum Gasteiger partial charge on any atom is -0.455 e. The molecule has 138 valence electrons. The first-order valence-electron chi connectivity index (χ1n) is 7.49. The summed E-state index contributed by atoms with van der Waals surface area (Å²) in [5.41, 5.74) is 4.95. The number of nitrogens with zero attached hydrogens (tertiary/aromatic N) is 1. The smallest absolute Gasteiger partial charge is 0.174 e. The molecule has 0 aliphatic carbocycles. The molecule has 3 aromatic carbocycles. The van der Waals surface area contributed by atoms with Gasteiger partial charge in [0.1, 0.15) is 23.2 Å². The Balaban J connectivity index is 2.00. The van der Waals surface area contributed by atoms with E-state index in [2.05, 4.69) is 10.5 Å². The van der Waals surface area contributed by atoms with Gasteiger partial charge in [-0.15, -0.1) is 4.91 Å². The highest BCUT2D eigenvalue weighted by molar-refractivity contribution is 14.1. The summed E-state index contributed by atoms with van der Waals surface area (Å²) in [5.74, 6) is -2.13. The zero-order valence-corrected chi connectivity index (χ0v) is 15.6. The third-order valence-electron chi connectivity index (χ3n) is 3.53. The highest BCUT2D eigenvalue weighted by Gasteiger charge is 2.16. The Bertz CT molecular complexity index is 1030. The van der Waals surface area contributed by atoms with E-state index in [1.165, 1.54) is 24.3 Å². The summed E-state index contributed by atoms with van der Waals surface area (Å²) in [7, 11) is 0. The lowest BCUT2D eigenvalue weighted by Gasteiger charge is -2.14. The van der Waals surface area contributed by atoms with E-state index < -0.39 is 17.5 Å². The summed E-state index contributed by atoms with van der Waals surface area (Å²) in [6.07, 6.45) is 0. The first-order valence-corrected chi connectivity index (χ1v) is 8.57. The number of nitrogens with two attached hydrogens (primary N) is 1. The monoisotopic (exact) mass is 485 g/mol. The first kappa shape index (κ1) is 19.0. The van der Waals surface area contributed by atoms with E-state index in [1.807, 2.05) is 22.6 Å². The van der Waals surface area contributed by atoms with Crippen LogP contribution in [0.3, 0.4) is 0 Å². The predicted octanol–water partition coefficient (Wildman–Crippen LogP) is 6.22. The molecule has 0 spiro atoms. The van der Waals surface area contributed by atoms with Crippen molar-refractivity contribution in [2.45, 2.75) is 0 Å². The molecule has 3 aromatic rings. The molecule has 3 N–H and O–H groups in total. The quantitative estimate of drug-likeness (QED) is 0.256. The van der Waals surface area contributed by atoms with Gasteiger partial charge in [-0.2, -0.15) is 0 Å². The van der Waals surface area contributed by atoms with Crippen LogP contribution in [-0.4, -0.2) is 0 Å². The van der Waals surface area contributed by atoms with Gasteiger partial charge >= 0.3 is 0 Å². The molecule has 9 heteroatoms. The number of hydrogen-bond donors (Lipinski definition) is 2. The standard InChI is InChI=1S/C18H11F3IN3O2/c19-9-5-16(24-15-4-1-10(22)7-13(15)21)18(25-26)17(6-9)27-11-2-3-12(20)14(23)8-11/h1-8,24H,23H2. The van der Waals surface area contributed by atoms with Crippen LogP contribution in [0.1, 0.15) is 0 Å². The van der Waals surface area contributed by atoms with Gasteiger partial charge in [-0.25, -0.2) is 13.2 Å². The SMILES string of the molecule is Nc1cc(Oc2cc(F)cc(Nc3ccc(I)cc3F)c2N=O)ccc1F. The Kier molecular flexibility index (Phi) is 5.49. The molecule has 0 aromatic heterocycles. The highest BCUT2D eigenvalue weighted by Crippen LogP contribution is 2.41. The average Bonchev–Trinajstić information content (AvgIpc) is 2.60. The average molecular weight is 485 g/mol. The third-order valence-corrected chi connectivity index (χ3v) is 4.20. The van der Waals surface area contributed by atoms with Crippen LogP contribution in [0.2, 0.25) is 0 Å². The molecular formula is C18H11F3IN3O2. The maximum Gasteiger partial charge on any atom is 0.174 e. The number of nitrogen functional groups attached to an aromatic ring is 1. The Hall–Kier alpha value is -2.82. The third kappa shape index (κ3) is 4.30. The summed E-state index contributed by atoms with van der Waals surface area (Å²) in [6.45, 7) is 0. The van der Waals surface area contributed by atoms with Crippen LogP contribution in [0.25, 0.3) is 0 Å². The van der Waals surface area contributed by atoms with Gasteiger partial charge < -0.3 is 15.8 Å². The van der Waals surface area contributed by atoms with Gasteiger partial charge in [-0.3, -0.25) is 0 Å². The van der Waals surface area contributed by atoms with Gasteiger partial charge in [-0.05, 0) is 64.2 Å². The molecule has 0 radical (unpaired) electrons. The van der Waals surface area contributed by atoms with Crippen LogP contribution >= 0.6 is 22.6 Å². The number of nitroso groups, excluding NO2 is 1. The zero-order chi connectivity index (χ0) is 19.6. The van der Waals surface area contributed by atoms with E-state index in [1.54, 1.807) is 6.07 Å². The van der Waals surface area contributed by atoms with E-state index in [0.717, 1.165) is 18.2 Å². The zero-order valence-electron chi connectivity index (χ0n) is 13.5. The summed E-state index contributed by atoms with van der Waals surface area (Å²) in [4.78, 5) is 11.3. The fourth-order valence-corrected chi connectivity index (χ4v) is 2.74. The van der Waals surface area contributed by atoms with E-state index in [4.69, 9.17) is 10.5 Å².